The smallest absolute Gasteiger partial charge is 0.186 e. The first-order chi connectivity index (χ1) is 14.7. The van der Waals surface area contributed by atoms with Crippen LogP contribution < -0.4 is 0 Å². The number of ether oxygens (including phenoxy) is 6. The minimum atomic E-state index is -0.271. The maximum absolute atomic E-state index is 7.18. The fraction of sp³-hybridized carbons (Fsp3) is 1.00. The Morgan fingerprint density at radius 2 is 0.967 bits per heavy atom. The number of methoxy groups -OCH3 is 4. The van der Waals surface area contributed by atoms with Crippen LogP contribution in [0.25, 0.3) is 0 Å². The van der Waals surface area contributed by atoms with Crippen LogP contribution in [0.4, 0.5) is 0 Å². The van der Waals surface area contributed by atoms with Gasteiger partial charge in [0.25, 0.3) is 0 Å². The quantitative estimate of drug-likeness (QED) is 0.617. The van der Waals surface area contributed by atoms with E-state index in [0.717, 1.165) is 12.8 Å². The summed E-state index contributed by atoms with van der Waals surface area (Å²) in [6.07, 6.45) is 5.01. The Labute approximate surface area is 178 Å². The second-order valence-electron chi connectivity index (χ2n) is 11.5. The van der Waals surface area contributed by atoms with Gasteiger partial charge in [-0.25, -0.2) is 0 Å². The summed E-state index contributed by atoms with van der Waals surface area (Å²) in [6, 6.07) is 0. The van der Waals surface area contributed by atoms with Crippen LogP contribution in [0.15, 0.2) is 0 Å². The van der Waals surface area contributed by atoms with Crippen molar-refractivity contribution in [3.8, 4) is 0 Å². The van der Waals surface area contributed by atoms with Crippen LogP contribution in [0.3, 0.4) is 0 Å². The first-order valence-electron chi connectivity index (χ1n) is 12.2. The van der Waals surface area contributed by atoms with Crippen LogP contribution in [-0.2, 0) is 28.4 Å². The molecule has 0 aromatic rings. The van der Waals surface area contributed by atoms with Crippen LogP contribution in [0, 0.1) is 59.2 Å². The van der Waals surface area contributed by atoms with Gasteiger partial charge in [-0.05, 0) is 73.0 Å². The average molecular weight is 419 g/mol. The minimum Gasteiger partial charge on any atom is -0.366 e. The molecule has 0 spiro atoms. The van der Waals surface area contributed by atoms with E-state index in [0.29, 0.717) is 71.4 Å². The van der Waals surface area contributed by atoms with E-state index >= 15 is 0 Å². The summed E-state index contributed by atoms with van der Waals surface area (Å²) in [5, 5.41) is 0. The third-order valence-corrected chi connectivity index (χ3v) is 11.7. The first kappa shape index (κ1) is 18.2. The van der Waals surface area contributed by atoms with E-state index in [9.17, 15) is 0 Å². The Kier molecular flexibility index (Phi) is 3.31. The van der Waals surface area contributed by atoms with Crippen molar-refractivity contribution in [3.05, 3.63) is 0 Å². The molecule has 0 bridgehead atoms. The van der Waals surface area contributed by atoms with Crippen LogP contribution in [0.5, 0.6) is 0 Å². The van der Waals surface area contributed by atoms with Gasteiger partial charge in [0, 0.05) is 40.3 Å². The van der Waals surface area contributed by atoms with Gasteiger partial charge in [-0.3, -0.25) is 0 Å². The predicted octanol–water partition coefficient (Wildman–Crippen LogP) is 2.30. The lowest BCUT2D eigenvalue weighted by Crippen LogP contribution is -2.56. The molecule has 14 atom stereocenters. The lowest BCUT2D eigenvalue weighted by Gasteiger charge is -2.44. The molecule has 0 amide bonds. The number of fused-ring (bicyclic) bond motifs is 4. The Bertz CT molecular complexity index is 718. The Morgan fingerprint density at radius 3 is 1.33 bits per heavy atom. The molecule has 166 valence electrons. The summed E-state index contributed by atoms with van der Waals surface area (Å²) in [6.45, 7) is 0. The third kappa shape index (κ3) is 1.48. The van der Waals surface area contributed by atoms with Crippen LogP contribution in [-0.4, -0.2) is 64.4 Å². The number of hydrogen-bond donors (Lipinski definition) is 0. The van der Waals surface area contributed by atoms with Crippen molar-refractivity contribution in [2.45, 2.75) is 61.7 Å². The minimum absolute atomic E-state index is 0.267. The molecule has 2 heterocycles. The molecular formula is C24H34O6. The van der Waals surface area contributed by atoms with E-state index in [-0.39, 0.29) is 23.8 Å². The highest BCUT2D eigenvalue weighted by molar-refractivity contribution is 5.37. The first-order valence-corrected chi connectivity index (χ1v) is 12.2. The van der Waals surface area contributed by atoms with Gasteiger partial charge in [-0.2, -0.15) is 0 Å². The number of rotatable bonds is 6. The van der Waals surface area contributed by atoms with Crippen LogP contribution in [0.2, 0.25) is 0 Å². The molecule has 2 aliphatic heterocycles. The lowest BCUT2D eigenvalue weighted by molar-refractivity contribution is -0.270. The van der Waals surface area contributed by atoms with Crippen molar-refractivity contribution < 1.29 is 28.4 Å². The van der Waals surface area contributed by atoms with Crippen LogP contribution in [0.1, 0.15) is 25.7 Å². The summed E-state index contributed by atoms with van der Waals surface area (Å²) in [5.74, 6) is 5.90. The summed E-state index contributed by atoms with van der Waals surface area (Å²) in [5.41, 5.74) is -0.541. The van der Waals surface area contributed by atoms with Gasteiger partial charge in [0.2, 0.25) is 0 Å². The van der Waals surface area contributed by atoms with Crippen molar-refractivity contribution >= 4 is 0 Å². The summed E-state index contributed by atoms with van der Waals surface area (Å²) >= 11 is 0. The van der Waals surface area contributed by atoms with Crippen molar-refractivity contribution in [3.63, 3.8) is 0 Å². The summed E-state index contributed by atoms with van der Waals surface area (Å²) in [7, 11) is 7.24. The molecule has 6 saturated carbocycles. The lowest BCUT2D eigenvalue weighted by atomic mass is 9.71. The maximum atomic E-state index is 7.18. The van der Waals surface area contributed by atoms with Crippen molar-refractivity contribution in [2.75, 3.05) is 28.4 Å². The highest BCUT2D eigenvalue weighted by Gasteiger charge is 2.92. The molecule has 6 heteroatoms. The van der Waals surface area contributed by atoms with E-state index in [1.54, 1.807) is 0 Å². The van der Waals surface area contributed by atoms with E-state index in [1.165, 1.54) is 12.8 Å². The molecule has 0 aromatic carbocycles. The summed E-state index contributed by atoms with van der Waals surface area (Å²) in [4.78, 5) is 0. The van der Waals surface area contributed by atoms with Gasteiger partial charge >= 0.3 is 0 Å². The fourth-order valence-electron chi connectivity index (χ4n) is 12.1. The standard InChI is InChI=1S/C24H34O6/c1-25-21(26-2)23-17-9-5-8-12-14(9)20-15(17)16-18(24(20,30-12)22(27-3)28-4)10-6-7-11(29-23)13(10)19(16)23/h9-22H,5-8H2,1-4H3/t9-,10+,11+,12-,13-,14-,15-,16+,17+,18+,19+,20-,23+,24+/m1/s1. The second-order valence-corrected chi connectivity index (χ2v) is 11.5. The van der Waals surface area contributed by atoms with Gasteiger partial charge in [0.15, 0.2) is 12.6 Å². The predicted molar refractivity (Wildman–Crippen MR) is 104 cm³/mol. The van der Waals surface area contributed by atoms with Crippen molar-refractivity contribution in [1.29, 1.82) is 0 Å². The molecule has 2 saturated heterocycles. The average Bonchev–Trinajstić information content (AvgIpc) is 3.52. The van der Waals surface area contributed by atoms with Gasteiger partial charge in [-0.15, -0.1) is 0 Å². The van der Waals surface area contributed by atoms with Gasteiger partial charge in [0.1, 0.15) is 11.2 Å². The molecule has 30 heavy (non-hydrogen) atoms. The van der Waals surface area contributed by atoms with Crippen molar-refractivity contribution in [2.24, 2.45) is 59.2 Å². The molecule has 6 aliphatic carbocycles. The molecule has 8 rings (SSSR count). The zero-order valence-electron chi connectivity index (χ0n) is 18.4. The van der Waals surface area contributed by atoms with E-state index < -0.39 is 0 Å². The SMILES string of the molecule is COC(OC)[C@@]12O[C@@H]3CC[C@@H]4[C@H]3[C@@H]1[C@@H]1[C@@H]3[C@@H]5[C@@H]6[C@H](CC[C@@H]6O[C@@]5(C(OC)OC)[C@@H]41)[C@@H]32. The second kappa shape index (κ2) is 5.45. The monoisotopic (exact) mass is 418 g/mol. The zero-order chi connectivity index (χ0) is 20.2. The largest absolute Gasteiger partial charge is 0.366 e. The normalized spacial score (nSPS) is 64.6. The molecule has 0 unspecified atom stereocenters. The molecule has 6 nitrogen and oxygen atoms in total. The highest BCUT2D eigenvalue weighted by Crippen LogP contribution is 2.87. The van der Waals surface area contributed by atoms with Gasteiger partial charge < -0.3 is 28.4 Å². The molecule has 0 radical (unpaired) electrons. The van der Waals surface area contributed by atoms with E-state index in [1.807, 2.05) is 28.4 Å². The van der Waals surface area contributed by atoms with Crippen LogP contribution >= 0.6 is 0 Å². The van der Waals surface area contributed by atoms with Crippen molar-refractivity contribution in [1.82, 2.24) is 0 Å². The highest BCUT2D eigenvalue weighted by atomic mass is 16.7. The van der Waals surface area contributed by atoms with E-state index in [4.69, 9.17) is 28.4 Å². The fourth-order valence-corrected chi connectivity index (χ4v) is 12.1. The Morgan fingerprint density at radius 1 is 0.567 bits per heavy atom. The Hall–Kier alpha value is -0.240. The zero-order valence-corrected chi connectivity index (χ0v) is 18.4. The molecule has 0 N–H and O–H groups in total. The third-order valence-electron chi connectivity index (χ3n) is 11.7. The topological polar surface area (TPSA) is 55.4 Å². The molecule has 0 aromatic heterocycles. The molecule has 8 aliphatic rings. The van der Waals surface area contributed by atoms with Gasteiger partial charge in [-0.1, -0.05) is 0 Å². The maximum Gasteiger partial charge on any atom is 0.186 e. The Balaban J connectivity index is 1.39. The number of hydrogen-bond acceptors (Lipinski definition) is 6. The van der Waals surface area contributed by atoms with Gasteiger partial charge in [0.05, 0.1) is 12.2 Å². The molecule has 8 fully saturated rings. The molecular weight excluding hydrogens is 384 g/mol. The van der Waals surface area contributed by atoms with E-state index in [2.05, 4.69) is 0 Å². The summed E-state index contributed by atoms with van der Waals surface area (Å²) < 4.78 is 38.6.